The molecule has 3 N–H and O–H groups in total. The Hall–Kier alpha value is -0.710. The highest BCUT2D eigenvalue weighted by Crippen LogP contribution is 2.16. The molecule has 0 radical (unpaired) electrons. The molecule has 1 aliphatic rings. The van der Waals surface area contributed by atoms with Crippen LogP contribution in [0.15, 0.2) is 12.2 Å². The van der Waals surface area contributed by atoms with Crippen molar-refractivity contribution in [2.24, 2.45) is 0 Å². The molecule has 0 amide bonds. The second kappa shape index (κ2) is 1.63. The maximum Gasteiger partial charge on any atom is 0.258 e. The molecule has 0 saturated carbocycles. The average molecular weight is 130 g/mol. The Labute approximate surface area is 51.0 Å². The smallest absolute Gasteiger partial charge is 0.258 e. The molecule has 0 aromatic rings. The second-order valence-electron chi connectivity index (χ2n) is 1.89. The molecule has 50 valence electrons. The normalized spacial score (nSPS) is 31.4. The van der Waals surface area contributed by atoms with E-state index in [1.807, 2.05) is 0 Å². The molecular formula is C5H6O4. The summed E-state index contributed by atoms with van der Waals surface area (Å²) >= 11 is 0. The molecule has 0 aromatic heterocycles. The predicted octanol–water partition coefficient (Wildman–Crippen LogP) is -1.83. The Kier molecular flexibility index (Phi) is 1.16. The molecule has 1 aliphatic carbocycles. The zero-order valence-electron chi connectivity index (χ0n) is 4.48. The molecule has 0 aromatic carbocycles. The number of rotatable bonds is 0. The number of hydrogen-bond acceptors (Lipinski definition) is 4. The van der Waals surface area contributed by atoms with Gasteiger partial charge >= 0.3 is 0 Å². The zero-order chi connectivity index (χ0) is 7.07. The number of hydrogen-bond donors (Lipinski definition) is 3. The molecule has 9 heavy (non-hydrogen) atoms. The summed E-state index contributed by atoms with van der Waals surface area (Å²) in [5, 5.41) is 25.9. The summed E-state index contributed by atoms with van der Waals surface area (Å²) in [4.78, 5) is 10.4. The maximum atomic E-state index is 10.4. The fraction of sp³-hybridized carbons (Fsp3) is 0.400. The van der Waals surface area contributed by atoms with Gasteiger partial charge in [-0.1, -0.05) is 0 Å². The van der Waals surface area contributed by atoms with E-state index in [0.29, 0.717) is 0 Å². The first kappa shape index (κ1) is 6.41. The van der Waals surface area contributed by atoms with Crippen molar-refractivity contribution in [3.63, 3.8) is 0 Å². The molecule has 4 heteroatoms. The topological polar surface area (TPSA) is 77.8 Å². The van der Waals surface area contributed by atoms with Crippen molar-refractivity contribution in [1.29, 1.82) is 0 Å². The van der Waals surface area contributed by atoms with Gasteiger partial charge in [0.2, 0.25) is 5.78 Å². The van der Waals surface area contributed by atoms with Crippen LogP contribution in [0.1, 0.15) is 0 Å². The van der Waals surface area contributed by atoms with Crippen LogP contribution in [0.4, 0.5) is 0 Å². The standard InChI is InChI=1S/C5H6O4/c6-3-1-2-4(7)5(3,8)9/h1-3,6,8-9H. The Balaban J connectivity index is 2.88. The number of carbonyl (C=O) groups is 1. The van der Waals surface area contributed by atoms with Gasteiger partial charge in [0.05, 0.1) is 0 Å². The lowest BCUT2D eigenvalue weighted by Gasteiger charge is -2.16. The van der Waals surface area contributed by atoms with Crippen LogP contribution < -0.4 is 0 Å². The summed E-state index contributed by atoms with van der Waals surface area (Å²) in [5.74, 6) is -3.46. The van der Waals surface area contributed by atoms with Gasteiger partial charge in [-0.2, -0.15) is 0 Å². The summed E-state index contributed by atoms with van der Waals surface area (Å²) in [6.45, 7) is 0. The van der Waals surface area contributed by atoms with Crippen molar-refractivity contribution in [3.05, 3.63) is 12.2 Å². The van der Waals surface area contributed by atoms with Crippen LogP contribution >= 0.6 is 0 Å². The van der Waals surface area contributed by atoms with Gasteiger partial charge in [-0.15, -0.1) is 0 Å². The Morgan fingerprint density at radius 2 is 2.11 bits per heavy atom. The predicted molar refractivity (Wildman–Crippen MR) is 27.3 cm³/mol. The maximum absolute atomic E-state index is 10.4. The van der Waals surface area contributed by atoms with Crippen LogP contribution in [0.5, 0.6) is 0 Å². The highest BCUT2D eigenvalue weighted by Gasteiger charge is 2.42. The van der Waals surface area contributed by atoms with Crippen LogP contribution in [-0.4, -0.2) is 33.0 Å². The van der Waals surface area contributed by atoms with E-state index < -0.39 is 17.7 Å². The van der Waals surface area contributed by atoms with E-state index in [4.69, 9.17) is 15.3 Å². The first-order valence-corrected chi connectivity index (χ1v) is 2.40. The van der Waals surface area contributed by atoms with Gasteiger partial charge in [0.15, 0.2) is 0 Å². The summed E-state index contributed by atoms with van der Waals surface area (Å²) < 4.78 is 0. The van der Waals surface area contributed by atoms with E-state index in [1.54, 1.807) is 0 Å². The van der Waals surface area contributed by atoms with Crippen molar-refractivity contribution < 1.29 is 20.1 Å². The molecule has 0 saturated heterocycles. The lowest BCUT2D eigenvalue weighted by atomic mass is 10.2. The van der Waals surface area contributed by atoms with Crippen LogP contribution in [0.3, 0.4) is 0 Å². The molecular weight excluding hydrogens is 124 g/mol. The average Bonchev–Trinajstić information content (AvgIpc) is 1.96. The third-order valence-electron chi connectivity index (χ3n) is 1.20. The minimum absolute atomic E-state index is 0.880. The molecule has 0 aliphatic heterocycles. The highest BCUT2D eigenvalue weighted by molar-refractivity contribution is 5.98. The molecule has 0 spiro atoms. The second-order valence-corrected chi connectivity index (χ2v) is 1.89. The van der Waals surface area contributed by atoms with Crippen LogP contribution in [0.25, 0.3) is 0 Å². The lowest BCUT2D eigenvalue weighted by molar-refractivity contribution is -0.201. The number of carbonyl (C=O) groups excluding carboxylic acids is 1. The molecule has 1 unspecified atom stereocenters. The molecule has 4 nitrogen and oxygen atoms in total. The summed E-state index contributed by atoms with van der Waals surface area (Å²) in [6, 6.07) is 0. The zero-order valence-corrected chi connectivity index (χ0v) is 4.48. The Bertz CT molecular complexity index is 170. The SMILES string of the molecule is O=C1C=CC(O)C1(O)O. The van der Waals surface area contributed by atoms with Gasteiger partial charge < -0.3 is 15.3 Å². The first-order chi connectivity index (χ1) is 4.05. The van der Waals surface area contributed by atoms with E-state index in [0.717, 1.165) is 12.2 Å². The molecule has 1 rings (SSSR count). The lowest BCUT2D eigenvalue weighted by Crippen LogP contribution is -2.43. The number of ketones is 1. The van der Waals surface area contributed by atoms with E-state index in [-0.39, 0.29) is 0 Å². The summed E-state index contributed by atoms with van der Waals surface area (Å²) in [6.07, 6.45) is 0.484. The third kappa shape index (κ3) is 0.769. The van der Waals surface area contributed by atoms with E-state index >= 15 is 0 Å². The van der Waals surface area contributed by atoms with Crippen molar-refractivity contribution >= 4 is 5.78 Å². The van der Waals surface area contributed by atoms with Crippen molar-refractivity contribution in [2.75, 3.05) is 0 Å². The van der Waals surface area contributed by atoms with E-state index in [2.05, 4.69) is 0 Å². The fourth-order valence-electron chi connectivity index (χ4n) is 0.581. The largest absolute Gasteiger partial charge is 0.383 e. The molecule has 0 heterocycles. The minimum atomic E-state index is -2.58. The Morgan fingerprint density at radius 3 is 2.22 bits per heavy atom. The van der Waals surface area contributed by atoms with Crippen LogP contribution in [0.2, 0.25) is 0 Å². The number of aliphatic hydroxyl groups is 3. The summed E-state index contributed by atoms with van der Waals surface area (Å²) in [5.41, 5.74) is 0. The van der Waals surface area contributed by atoms with Crippen molar-refractivity contribution in [1.82, 2.24) is 0 Å². The fourth-order valence-corrected chi connectivity index (χ4v) is 0.581. The minimum Gasteiger partial charge on any atom is -0.383 e. The van der Waals surface area contributed by atoms with Crippen LogP contribution in [-0.2, 0) is 4.79 Å². The summed E-state index contributed by atoms with van der Waals surface area (Å²) in [7, 11) is 0. The third-order valence-corrected chi connectivity index (χ3v) is 1.20. The van der Waals surface area contributed by atoms with Gasteiger partial charge in [0, 0.05) is 0 Å². The van der Waals surface area contributed by atoms with E-state index in [1.165, 1.54) is 0 Å². The van der Waals surface area contributed by atoms with Crippen molar-refractivity contribution in [2.45, 2.75) is 11.9 Å². The van der Waals surface area contributed by atoms with Gasteiger partial charge in [-0.3, -0.25) is 4.79 Å². The van der Waals surface area contributed by atoms with Gasteiger partial charge in [-0.05, 0) is 12.2 Å². The van der Waals surface area contributed by atoms with Crippen LogP contribution in [0, 0.1) is 0 Å². The van der Waals surface area contributed by atoms with E-state index in [9.17, 15) is 4.79 Å². The molecule has 0 fully saturated rings. The van der Waals surface area contributed by atoms with Gasteiger partial charge in [-0.25, -0.2) is 0 Å². The first-order valence-electron chi connectivity index (χ1n) is 2.40. The molecule has 0 bridgehead atoms. The van der Waals surface area contributed by atoms with Gasteiger partial charge in [0.1, 0.15) is 6.10 Å². The van der Waals surface area contributed by atoms with Crippen molar-refractivity contribution in [3.8, 4) is 0 Å². The molecule has 1 atom stereocenters. The van der Waals surface area contributed by atoms with Gasteiger partial charge in [0.25, 0.3) is 5.79 Å². The quantitative estimate of drug-likeness (QED) is 0.337. The number of aliphatic hydroxyl groups excluding tert-OH is 1. The Morgan fingerprint density at radius 1 is 1.56 bits per heavy atom. The monoisotopic (exact) mass is 130 g/mol. The highest BCUT2D eigenvalue weighted by atomic mass is 16.5.